The van der Waals surface area contributed by atoms with Gasteiger partial charge in [-0.2, -0.15) is 0 Å². The lowest BCUT2D eigenvalue weighted by Crippen LogP contribution is -2.25. The molecule has 0 aromatic carbocycles. The average molecular weight is 257 g/mol. The van der Waals surface area contributed by atoms with E-state index in [9.17, 15) is 0 Å². The number of aromatic nitrogens is 3. The van der Waals surface area contributed by atoms with Gasteiger partial charge < -0.3 is 10.2 Å². The van der Waals surface area contributed by atoms with Gasteiger partial charge in [0.2, 0.25) is 0 Å². The summed E-state index contributed by atoms with van der Waals surface area (Å²) in [6.45, 7) is 5.77. The third-order valence-electron chi connectivity index (χ3n) is 3.05. The summed E-state index contributed by atoms with van der Waals surface area (Å²) in [4.78, 5) is 15.2. The summed E-state index contributed by atoms with van der Waals surface area (Å²) in [5, 5.41) is 3.09. The largest absolute Gasteiger partial charge is 0.373 e. The number of rotatable bonds is 5. The van der Waals surface area contributed by atoms with Crippen molar-refractivity contribution in [2.24, 2.45) is 0 Å². The highest BCUT2D eigenvalue weighted by Crippen LogP contribution is 2.22. The molecule has 2 aromatic heterocycles. The van der Waals surface area contributed by atoms with Crippen molar-refractivity contribution in [2.45, 2.75) is 20.4 Å². The zero-order valence-corrected chi connectivity index (χ0v) is 11.6. The smallest absolute Gasteiger partial charge is 0.137 e. The molecule has 0 saturated heterocycles. The molecule has 5 nitrogen and oxygen atoms in total. The summed E-state index contributed by atoms with van der Waals surface area (Å²) in [7, 11) is 1.87. The molecule has 0 saturated carbocycles. The highest BCUT2D eigenvalue weighted by atomic mass is 15.2. The summed E-state index contributed by atoms with van der Waals surface area (Å²) >= 11 is 0. The normalized spacial score (nSPS) is 10.3. The maximum atomic E-state index is 4.40. The average Bonchev–Trinajstić information content (AvgIpc) is 2.46. The Morgan fingerprint density at radius 2 is 2.05 bits per heavy atom. The van der Waals surface area contributed by atoms with Crippen LogP contribution in [0.2, 0.25) is 0 Å². The van der Waals surface area contributed by atoms with Crippen molar-refractivity contribution in [3.63, 3.8) is 0 Å². The van der Waals surface area contributed by atoms with Gasteiger partial charge in [0.25, 0.3) is 0 Å². The van der Waals surface area contributed by atoms with Crippen molar-refractivity contribution < 1.29 is 0 Å². The molecule has 0 fully saturated rings. The minimum Gasteiger partial charge on any atom is -0.373 e. The fourth-order valence-electron chi connectivity index (χ4n) is 2.04. The molecule has 0 bridgehead atoms. The summed E-state index contributed by atoms with van der Waals surface area (Å²) in [6, 6.07) is 5.95. The van der Waals surface area contributed by atoms with E-state index in [0.717, 1.165) is 36.0 Å². The van der Waals surface area contributed by atoms with E-state index >= 15 is 0 Å². The third kappa shape index (κ3) is 2.99. The van der Waals surface area contributed by atoms with E-state index in [2.05, 4.69) is 32.1 Å². The Balaban J connectivity index is 2.27. The Kier molecular flexibility index (Phi) is 4.28. The Hall–Kier alpha value is -2.17. The molecular weight excluding hydrogens is 238 g/mol. The molecule has 19 heavy (non-hydrogen) atoms. The van der Waals surface area contributed by atoms with Gasteiger partial charge in [0, 0.05) is 25.4 Å². The second-order valence-electron chi connectivity index (χ2n) is 4.26. The minimum atomic E-state index is 0.748. The minimum absolute atomic E-state index is 0.748. The van der Waals surface area contributed by atoms with Crippen LogP contribution in [0.3, 0.4) is 0 Å². The van der Waals surface area contributed by atoms with Crippen molar-refractivity contribution in [2.75, 3.05) is 23.8 Å². The van der Waals surface area contributed by atoms with E-state index in [0.29, 0.717) is 0 Å². The zero-order valence-electron chi connectivity index (χ0n) is 11.6. The van der Waals surface area contributed by atoms with E-state index < -0.39 is 0 Å². The fourth-order valence-corrected chi connectivity index (χ4v) is 2.04. The lowest BCUT2D eigenvalue weighted by molar-refractivity contribution is 0.786. The Morgan fingerprint density at radius 3 is 2.68 bits per heavy atom. The number of nitrogens with one attached hydrogen (secondary N) is 1. The first kappa shape index (κ1) is 13.3. The summed E-state index contributed by atoms with van der Waals surface area (Å²) in [5.74, 6) is 1.82. The van der Waals surface area contributed by atoms with Crippen LogP contribution in [0.5, 0.6) is 0 Å². The third-order valence-corrected chi connectivity index (χ3v) is 3.05. The van der Waals surface area contributed by atoms with Gasteiger partial charge in [-0.05, 0) is 26.0 Å². The Labute approximate surface area is 113 Å². The highest BCUT2D eigenvalue weighted by Gasteiger charge is 2.13. The molecule has 0 aliphatic heterocycles. The quantitative estimate of drug-likeness (QED) is 0.890. The molecule has 0 aliphatic rings. The van der Waals surface area contributed by atoms with E-state index in [4.69, 9.17) is 0 Å². The first-order valence-corrected chi connectivity index (χ1v) is 6.40. The van der Waals surface area contributed by atoms with Crippen LogP contribution in [0.15, 0.2) is 30.7 Å². The predicted octanol–water partition coefficient (Wildman–Crippen LogP) is 2.25. The summed E-state index contributed by atoms with van der Waals surface area (Å²) in [6.07, 6.45) is 3.41. The molecule has 1 N–H and O–H groups in total. The zero-order chi connectivity index (χ0) is 13.7. The van der Waals surface area contributed by atoms with Crippen molar-refractivity contribution in [1.82, 2.24) is 15.0 Å². The van der Waals surface area contributed by atoms with Crippen LogP contribution in [0.4, 0.5) is 11.6 Å². The number of anilines is 2. The maximum absolute atomic E-state index is 4.40. The van der Waals surface area contributed by atoms with Crippen LogP contribution in [-0.4, -0.2) is 28.5 Å². The first-order valence-electron chi connectivity index (χ1n) is 6.40. The Bertz CT molecular complexity index is 527. The molecule has 5 heteroatoms. The van der Waals surface area contributed by atoms with Gasteiger partial charge in [-0.1, -0.05) is 6.07 Å². The van der Waals surface area contributed by atoms with Crippen molar-refractivity contribution >= 4 is 11.6 Å². The van der Waals surface area contributed by atoms with E-state index in [1.54, 1.807) is 6.33 Å². The predicted molar refractivity (Wildman–Crippen MR) is 77.3 cm³/mol. The molecule has 0 unspecified atom stereocenters. The topological polar surface area (TPSA) is 53.9 Å². The second kappa shape index (κ2) is 6.13. The van der Waals surface area contributed by atoms with Crippen molar-refractivity contribution in [3.05, 3.63) is 42.0 Å². The lowest BCUT2D eigenvalue weighted by atomic mass is 10.2. The van der Waals surface area contributed by atoms with E-state index in [-0.39, 0.29) is 0 Å². The van der Waals surface area contributed by atoms with Gasteiger partial charge in [0.1, 0.15) is 18.0 Å². The van der Waals surface area contributed by atoms with Gasteiger partial charge in [-0.25, -0.2) is 9.97 Å². The number of pyridine rings is 1. The first-order chi connectivity index (χ1) is 9.26. The monoisotopic (exact) mass is 257 g/mol. The van der Waals surface area contributed by atoms with Crippen molar-refractivity contribution in [1.29, 1.82) is 0 Å². The van der Waals surface area contributed by atoms with Gasteiger partial charge in [-0.15, -0.1) is 0 Å². The second-order valence-corrected chi connectivity index (χ2v) is 4.26. The molecule has 0 amide bonds. The van der Waals surface area contributed by atoms with Crippen LogP contribution in [0.1, 0.15) is 18.2 Å². The molecule has 0 radical (unpaired) electrons. The molecular formula is C14H19N5. The van der Waals surface area contributed by atoms with Gasteiger partial charge in [-0.3, -0.25) is 4.98 Å². The molecule has 2 rings (SSSR count). The van der Waals surface area contributed by atoms with Gasteiger partial charge in [0.05, 0.1) is 12.2 Å². The molecule has 100 valence electrons. The van der Waals surface area contributed by atoms with Gasteiger partial charge in [0.15, 0.2) is 0 Å². The van der Waals surface area contributed by atoms with Crippen LogP contribution in [0, 0.1) is 6.92 Å². The van der Waals surface area contributed by atoms with Crippen LogP contribution in [0.25, 0.3) is 0 Å². The lowest BCUT2D eigenvalue weighted by Gasteiger charge is -2.23. The van der Waals surface area contributed by atoms with Crippen molar-refractivity contribution in [3.8, 4) is 0 Å². The van der Waals surface area contributed by atoms with Crippen LogP contribution < -0.4 is 10.2 Å². The van der Waals surface area contributed by atoms with Crippen LogP contribution in [-0.2, 0) is 6.54 Å². The highest BCUT2D eigenvalue weighted by molar-refractivity contribution is 5.57. The SMILES string of the molecule is CCN(Cc1ccccn1)c1ncnc(NC)c1C. The summed E-state index contributed by atoms with van der Waals surface area (Å²) in [5.41, 5.74) is 2.09. The molecule has 2 heterocycles. The number of hydrogen-bond donors (Lipinski definition) is 1. The molecule has 0 spiro atoms. The fraction of sp³-hybridized carbons (Fsp3) is 0.357. The molecule has 0 aliphatic carbocycles. The summed E-state index contributed by atoms with van der Waals surface area (Å²) < 4.78 is 0. The standard InChI is InChI=1S/C14H19N5/c1-4-19(9-12-7-5-6-8-16-12)14-11(2)13(15-3)17-10-18-14/h5-8,10H,4,9H2,1-3H3,(H,15,17,18). The Morgan fingerprint density at radius 1 is 1.21 bits per heavy atom. The molecule has 0 atom stereocenters. The molecule has 2 aromatic rings. The van der Waals surface area contributed by atoms with E-state index in [1.807, 2.05) is 38.4 Å². The van der Waals surface area contributed by atoms with Crippen LogP contribution >= 0.6 is 0 Å². The van der Waals surface area contributed by atoms with E-state index in [1.165, 1.54) is 0 Å². The van der Waals surface area contributed by atoms with Gasteiger partial charge >= 0.3 is 0 Å². The number of hydrogen-bond acceptors (Lipinski definition) is 5. The number of nitrogens with zero attached hydrogens (tertiary/aromatic N) is 4. The maximum Gasteiger partial charge on any atom is 0.137 e.